The number of nitro benzene ring substituents is 1. The highest BCUT2D eigenvalue weighted by atomic mass is 16.7. The molecular weight excluding hydrogens is 262 g/mol. The third-order valence-corrected chi connectivity index (χ3v) is 2.91. The molecule has 20 heavy (non-hydrogen) atoms. The number of carbonyl (C=O) groups excluding carboxylic acids is 1. The molecular formula is C13H13N3O4. The zero-order valence-corrected chi connectivity index (χ0v) is 11.1. The van der Waals surface area contributed by atoms with E-state index in [9.17, 15) is 14.9 Å². The van der Waals surface area contributed by atoms with Crippen molar-refractivity contribution in [2.75, 3.05) is 0 Å². The molecule has 0 aliphatic heterocycles. The lowest BCUT2D eigenvalue weighted by atomic mass is 10.0. The molecule has 0 amide bonds. The SMILES string of the molecule is Cc1cc(CC(=O)On2ccnc2)c([N+](=O)[O-])cc1C. The van der Waals surface area contributed by atoms with E-state index in [0.717, 1.165) is 15.9 Å². The molecule has 0 fully saturated rings. The molecule has 7 nitrogen and oxygen atoms in total. The number of hydrogen-bond acceptors (Lipinski definition) is 5. The van der Waals surface area contributed by atoms with Crippen LogP contribution in [0.2, 0.25) is 0 Å². The van der Waals surface area contributed by atoms with Crippen LogP contribution in [-0.4, -0.2) is 20.6 Å². The highest BCUT2D eigenvalue weighted by molar-refractivity contribution is 5.74. The Morgan fingerprint density at radius 2 is 2.10 bits per heavy atom. The van der Waals surface area contributed by atoms with Gasteiger partial charge in [-0.3, -0.25) is 10.1 Å². The van der Waals surface area contributed by atoms with Crippen LogP contribution in [-0.2, 0) is 11.2 Å². The monoisotopic (exact) mass is 275 g/mol. The van der Waals surface area contributed by atoms with Crippen LogP contribution < -0.4 is 4.84 Å². The minimum atomic E-state index is -0.589. The first-order valence-electron chi connectivity index (χ1n) is 5.91. The van der Waals surface area contributed by atoms with E-state index in [1.807, 2.05) is 6.92 Å². The van der Waals surface area contributed by atoms with Crippen molar-refractivity contribution >= 4 is 11.7 Å². The molecule has 104 valence electrons. The molecule has 0 aliphatic rings. The van der Waals surface area contributed by atoms with Crippen LogP contribution in [0.5, 0.6) is 0 Å². The normalized spacial score (nSPS) is 10.3. The number of rotatable bonds is 4. The van der Waals surface area contributed by atoms with Crippen molar-refractivity contribution in [1.82, 2.24) is 9.71 Å². The predicted octanol–water partition coefficient (Wildman–Crippen LogP) is 1.61. The van der Waals surface area contributed by atoms with E-state index in [-0.39, 0.29) is 12.1 Å². The van der Waals surface area contributed by atoms with Gasteiger partial charge in [0.05, 0.1) is 17.5 Å². The van der Waals surface area contributed by atoms with Crippen LogP contribution in [0.1, 0.15) is 16.7 Å². The Kier molecular flexibility index (Phi) is 3.79. The summed E-state index contributed by atoms with van der Waals surface area (Å²) in [7, 11) is 0. The van der Waals surface area contributed by atoms with Gasteiger partial charge in [-0.1, -0.05) is 0 Å². The summed E-state index contributed by atoms with van der Waals surface area (Å²) in [5, 5.41) is 11.0. The Morgan fingerprint density at radius 3 is 2.70 bits per heavy atom. The number of carbonyl (C=O) groups is 1. The van der Waals surface area contributed by atoms with Crippen LogP contribution in [0.25, 0.3) is 0 Å². The summed E-state index contributed by atoms with van der Waals surface area (Å²) in [4.78, 5) is 31.0. The molecule has 0 bridgehead atoms. The highest BCUT2D eigenvalue weighted by Crippen LogP contribution is 2.23. The van der Waals surface area contributed by atoms with E-state index in [2.05, 4.69) is 4.98 Å². The molecule has 0 spiro atoms. The van der Waals surface area contributed by atoms with E-state index in [0.29, 0.717) is 5.56 Å². The molecule has 0 saturated carbocycles. The summed E-state index contributed by atoms with van der Waals surface area (Å²) < 4.78 is 1.15. The molecule has 2 rings (SSSR count). The van der Waals surface area contributed by atoms with Crippen LogP contribution >= 0.6 is 0 Å². The Balaban J connectivity index is 2.22. The van der Waals surface area contributed by atoms with Gasteiger partial charge in [-0.25, -0.2) is 9.78 Å². The van der Waals surface area contributed by atoms with Crippen molar-refractivity contribution in [2.45, 2.75) is 20.3 Å². The summed E-state index contributed by atoms with van der Waals surface area (Å²) in [6, 6.07) is 3.11. The van der Waals surface area contributed by atoms with Crippen LogP contribution in [0.15, 0.2) is 30.9 Å². The van der Waals surface area contributed by atoms with Gasteiger partial charge in [0.2, 0.25) is 0 Å². The average molecular weight is 275 g/mol. The molecule has 1 aromatic carbocycles. The smallest absolute Gasteiger partial charge is 0.335 e. The second-order valence-corrected chi connectivity index (χ2v) is 4.38. The van der Waals surface area contributed by atoms with Crippen LogP contribution in [0.4, 0.5) is 5.69 Å². The second-order valence-electron chi connectivity index (χ2n) is 4.38. The van der Waals surface area contributed by atoms with E-state index >= 15 is 0 Å². The van der Waals surface area contributed by atoms with E-state index in [1.165, 1.54) is 24.8 Å². The first-order valence-corrected chi connectivity index (χ1v) is 5.91. The van der Waals surface area contributed by atoms with Crippen molar-refractivity contribution in [3.05, 3.63) is 57.7 Å². The van der Waals surface area contributed by atoms with Gasteiger partial charge in [0.15, 0.2) is 0 Å². The Bertz CT molecular complexity index is 650. The van der Waals surface area contributed by atoms with Gasteiger partial charge in [0.1, 0.15) is 6.33 Å². The lowest BCUT2D eigenvalue weighted by Gasteiger charge is -2.07. The molecule has 0 atom stereocenters. The minimum Gasteiger partial charge on any atom is -0.335 e. The fraction of sp³-hybridized carbons (Fsp3) is 0.231. The number of aromatic nitrogens is 2. The van der Waals surface area contributed by atoms with Crippen LogP contribution in [0.3, 0.4) is 0 Å². The first-order chi connectivity index (χ1) is 9.47. The highest BCUT2D eigenvalue weighted by Gasteiger charge is 2.19. The molecule has 1 aromatic heterocycles. The third kappa shape index (κ3) is 3.00. The molecule has 0 N–H and O–H groups in total. The van der Waals surface area contributed by atoms with Gasteiger partial charge in [0, 0.05) is 17.8 Å². The number of nitrogens with zero attached hydrogens (tertiary/aromatic N) is 3. The molecule has 0 aliphatic carbocycles. The van der Waals surface area contributed by atoms with Crippen molar-refractivity contribution in [3.8, 4) is 0 Å². The molecule has 0 radical (unpaired) electrons. The number of hydrogen-bond donors (Lipinski definition) is 0. The quantitative estimate of drug-likeness (QED) is 0.624. The van der Waals surface area contributed by atoms with Gasteiger partial charge in [-0.2, -0.15) is 4.73 Å². The predicted molar refractivity (Wildman–Crippen MR) is 70.1 cm³/mol. The Labute approximate surface area is 114 Å². The fourth-order valence-corrected chi connectivity index (χ4v) is 1.78. The van der Waals surface area contributed by atoms with E-state index < -0.39 is 10.9 Å². The van der Waals surface area contributed by atoms with Gasteiger partial charge in [-0.05, 0) is 31.0 Å². The van der Waals surface area contributed by atoms with Crippen molar-refractivity contribution in [2.24, 2.45) is 0 Å². The first kappa shape index (κ1) is 13.7. The fourth-order valence-electron chi connectivity index (χ4n) is 1.78. The summed E-state index contributed by atoms with van der Waals surface area (Å²) in [6.45, 7) is 3.62. The van der Waals surface area contributed by atoms with Crippen molar-refractivity contribution < 1.29 is 14.6 Å². The molecule has 0 unspecified atom stereocenters. The Morgan fingerprint density at radius 1 is 1.40 bits per heavy atom. The summed E-state index contributed by atoms with van der Waals surface area (Å²) in [5.41, 5.74) is 1.96. The molecule has 7 heteroatoms. The lowest BCUT2D eigenvalue weighted by molar-refractivity contribution is -0.385. The number of nitro groups is 1. The minimum absolute atomic E-state index is 0.0734. The van der Waals surface area contributed by atoms with E-state index in [4.69, 9.17) is 4.84 Å². The maximum Gasteiger partial charge on any atom is 0.337 e. The third-order valence-electron chi connectivity index (χ3n) is 2.91. The number of benzene rings is 1. The van der Waals surface area contributed by atoms with Gasteiger partial charge >= 0.3 is 5.97 Å². The lowest BCUT2D eigenvalue weighted by Crippen LogP contribution is -2.20. The maximum absolute atomic E-state index is 11.8. The number of imidazole rings is 1. The second kappa shape index (κ2) is 5.52. The standard InChI is InChI=1S/C13H13N3O4/c1-9-5-11(12(16(18)19)6-10(9)2)7-13(17)20-15-4-3-14-8-15/h3-6,8H,7H2,1-2H3. The van der Waals surface area contributed by atoms with Gasteiger partial charge in [0.25, 0.3) is 5.69 Å². The summed E-state index contributed by atoms with van der Waals surface area (Å²) in [6.07, 6.45) is 4.08. The average Bonchev–Trinajstić information content (AvgIpc) is 2.85. The van der Waals surface area contributed by atoms with Crippen molar-refractivity contribution in [3.63, 3.8) is 0 Å². The zero-order chi connectivity index (χ0) is 14.7. The molecule has 2 aromatic rings. The van der Waals surface area contributed by atoms with E-state index in [1.54, 1.807) is 13.0 Å². The zero-order valence-electron chi connectivity index (χ0n) is 11.1. The molecule has 0 saturated heterocycles. The Hall–Kier alpha value is -2.70. The number of aryl methyl sites for hydroxylation is 2. The summed E-state index contributed by atoms with van der Waals surface area (Å²) >= 11 is 0. The van der Waals surface area contributed by atoms with Crippen molar-refractivity contribution in [1.29, 1.82) is 0 Å². The maximum atomic E-state index is 11.8. The largest absolute Gasteiger partial charge is 0.337 e. The van der Waals surface area contributed by atoms with Gasteiger partial charge < -0.3 is 4.84 Å². The molecule has 1 heterocycles. The van der Waals surface area contributed by atoms with Gasteiger partial charge in [-0.15, -0.1) is 0 Å². The summed E-state index contributed by atoms with van der Waals surface area (Å²) in [5.74, 6) is -0.589. The van der Waals surface area contributed by atoms with Crippen LogP contribution in [0, 0.1) is 24.0 Å². The topological polar surface area (TPSA) is 87.3 Å².